The summed E-state index contributed by atoms with van der Waals surface area (Å²) in [5.41, 5.74) is 2.67. The number of aromatic amines is 1. The molecule has 1 amide bonds. The van der Waals surface area contributed by atoms with Crippen molar-refractivity contribution in [2.75, 3.05) is 6.54 Å². The first kappa shape index (κ1) is 15.2. The van der Waals surface area contributed by atoms with Gasteiger partial charge in [-0.15, -0.1) is 0 Å². The fourth-order valence-electron chi connectivity index (χ4n) is 2.54. The first-order chi connectivity index (χ1) is 11.1. The molecule has 0 fully saturated rings. The molecule has 23 heavy (non-hydrogen) atoms. The summed E-state index contributed by atoms with van der Waals surface area (Å²) in [5.74, 6) is -0.999. The molecular formula is C17H16FN3O2. The number of rotatable bonds is 4. The highest BCUT2D eigenvalue weighted by Gasteiger charge is 2.16. The number of H-pyrrole nitrogens is 1. The second kappa shape index (κ2) is 6.18. The minimum absolute atomic E-state index is 0.0338. The summed E-state index contributed by atoms with van der Waals surface area (Å²) >= 11 is 0. The van der Waals surface area contributed by atoms with Crippen molar-refractivity contribution in [2.45, 2.75) is 13.0 Å². The molecule has 0 saturated carbocycles. The van der Waals surface area contributed by atoms with E-state index >= 15 is 0 Å². The number of imidazole rings is 1. The van der Waals surface area contributed by atoms with E-state index in [-0.39, 0.29) is 12.1 Å². The summed E-state index contributed by atoms with van der Waals surface area (Å²) in [6.07, 6.45) is 0.576. The highest BCUT2D eigenvalue weighted by atomic mass is 19.1. The van der Waals surface area contributed by atoms with Crippen LogP contribution in [-0.4, -0.2) is 27.5 Å². The monoisotopic (exact) mass is 313 g/mol. The van der Waals surface area contributed by atoms with Gasteiger partial charge >= 0.3 is 0 Å². The zero-order valence-corrected chi connectivity index (χ0v) is 12.5. The number of hydrogen-bond donors (Lipinski definition) is 3. The van der Waals surface area contributed by atoms with Gasteiger partial charge in [-0.1, -0.05) is 24.3 Å². The van der Waals surface area contributed by atoms with Gasteiger partial charge in [0.15, 0.2) is 0 Å². The molecule has 2 aromatic carbocycles. The second-order valence-electron chi connectivity index (χ2n) is 5.33. The zero-order valence-electron chi connectivity index (χ0n) is 12.5. The van der Waals surface area contributed by atoms with Crippen LogP contribution in [-0.2, 0) is 0 Å². The molecule has 3 N–H and O–H groups in total. The molecule has 5 nitrogen and oxygen atoms in total. The number of aromatic nitrogens is 2. The van der Waals surface area contributed by atoms with Gasteiger partial charge in [0.05, 0.1) is 23.5 Å². The maximum Gasteiger partial charge on any atom is 0.253 e. The highest BCUT2D eigenvalue weighted by Crippen LogP contribution is 2.19. The SMILES string of the molecule is Cc1ccccc1C(O)CNC(=O)c1cc(F)cc2[nH]cnc12. The normalized spacial score (nSPS) is 12.3. The molecule has 0 aliphatic heterocycles. The minimum Gasteiger partial charge on any atom is -0.387 e. The van der Waals surface area contributed by atoms with Crippen LogP contribution in [0.5, 0.6) is 0 Å². The largest absolute Gasteiger partial charge is 0.387 e. The van der Waals surface area contributed by atoms with Crippen molar-refractivity contribution in [3.8, 4) is 0 Å². The molecule has 1 heterocycles. The first-order valence-corrected chi connectivity index (χ1v) is 7.20. The third kappa shape index (κ3) is 3.07. The van der Waals surface area contributed by atoms with Gasteiger partial charge in [0.25, 0.3) is 5.91 Å². The summed E-state index contributed by atoms with van der Waals surface area (Å²) in [4.78, 5) is 19.1. The van der Waals surface area contributed by atoms with E-state index in [0.29, 0.717) is 11.0 Å². The lowest BCUT2D eigenvalue weighted by atomic mass is 10.0. The van der Waals surface area contributed by atoms with E-state index < -0.39 is 17.8 Å². The molecule has 118 valence electrons. The summed E-state index contributed by atoms with van der Waals surface area (Å²) < 4.78 is 13.6. The fourth-order valence-corrected chi connectivity index (χ4v) is 2.54. The van der Waals surface area contributed by atoms with Crippen LogP contribution in [0.4, 0.5) is 4.39 Å². The van der Waals surface area contributed by atoms with Crippen LogP contribution >= 0.6 is 0 Å². The van der Waals surface area contributed by atoms with Gasteiger partial charge in [0.2, 0.25) is 0 Å². The third-order valence-corrected chi connectivity index (χ3v) is 3.74. The number of fused-ring (bicyclic) bond motifs is 1. The van der Waals surface area contributed by atoms with Crippen molar-refractivity contribution < 1.29 is 14.3 Å². The molecule has 1 atom stereocenters. The van der Waals surface area contributed by atoms with Crippen LogP contribution in [0.2, 0.25) is 0 Å². The number of hydrogen-bond acceptors (Lipinski definition) is 3. The van der Waals surface area contributed by atoms with Gasteiger partial charge in [0.1, 0.15) is 11.3 Å². The Kier molecular flexibility index (Phi) is 4.08. The van der Waals surface area contributed by atoms with E-state index in [0.717, 1.165) is 17.2 Å². The number of carbonyl (C=O) groups excluding carboxylic acids is 1. The first-order valence-electron chi connectivity index (χ1n) is 7.20. The maximum atomic E-state index is 13.6. The molecule has 6 heteroatoms. The van der Waals surface area contributed by atoms with Crippen LogP contribution in [0.25, 0.3) is 11.0 Å². The smallest absolute Gasteiger partial charge is 0.253 e. The minimum atomic E-state index is -0.830. The van der Waals surface area contributed by atoms with Crippen molar-refractivity contribution in [2.24, 2.45) is 0 Å². The Hall–Kier alpha value is -2.73. The Morgan fingerprint density at radius 1 is 1.39 bits per heavy atom. The number of benzene rings is 2. The molecule has 0 saturated heterocycles. The van der Waals surface area contributed by atoms with Gasteiger partial charge in [-0.2, -0.15) is 0 Å². The summed E-state index contributed by atoms with van der Waals surface area (Å²) in [5, 5.41) is 12.8. The van der Waals surface area contributed by atoms with Crippen LogP contribution in [0, 0.1) is 12.7 Å². The van der Waals surface area contributed by atoms with E-state index in [1.54, 1.807) is 6.07 Å². The molecule has 0 bridgehead atoms. The topological polar surface area (TPSA) is 78.0 Å². The van der Waals surface area contributed by atoms with Gasteiger partial charge in [-0.25, -0.2) is 9.37 Å². The summed E-state index contributed by atoms with van der Waals surface area (Å²) in [7, 11) is 0. The predicted molar refractivity (Wildman–Crippen MR) is 84.5 cm³/mol. The van der Waals surface area contributed by atoms with Crippen LogP contribution in [0.1, 0.15) is 27.6 Å². The lowest BCUT2D eigenvalue weighted by Gasteiger charge is -2.14. The fraction of sp³-hybridized carbons (Fsp3) is 0.176. The Morgan fingerprint density at radius 2 is 2.17 bits per heavy atom. The second-order valence-corrected chi connectivity index (χ2v) is 5.33. The summed E-state index contributed by atoms with van der Waals surface area (Å²) in [6.45, 7) is 1.92. The third-order valence-electron chi connectivity index (χ3n) is 3.74. The molecule has 0 spiro atoms. The summed E-state index contributed by atoms with van der Waals surface area (Å²) in [6, 6.07) is 9.82. The van der Waals surface area contributed by atoms with E-state index in [1.165, 1.54) is 12.4 Å². The van der Waals surface area contributed by atoms with E-state index in [1.807, 2.05) is 25.1 Å². The molecule has 1 aromatic heterocycles. The molecule has 1 unspecified atom stereocenters. The Balaban J connectivity index is 1.76. The van der Waals surface area contributed by atoms with Crippen molar-refractivity contribution in [3.05, 3.63) is 65.2 Å². The number of carbonyl (C=O) groups is 1. The Labute approximate surface area is 132 Å². The van der Waals surface area contributed by atoms with E-state index in [2.05, 4.69) is 15.3 Å². The van der Waals surface area contributed by atoms with Gasteiger partial charge in [-0.3, -0.25) is 4.79 Å². The molecule has 0 aliphatic rings. The molecular weight excluding hydrogens is 297 g/mol. The zero-order chi connectivity index (χ0) is 16.4. The average molecular weight is 313 g/mol. The van der Waals surface area contributed by atoms with Crippen molar-refractivity contribution in [1.29, 1.82) is 0 Å². The van der Waals surface area contributed by atoms with Gasteiger partial charge in [0, 0.05) is 6.54 Å². The van der Waals surface area contributed by atoms with Crippen molar-refractivity contribution in [1.82, 2.24) is 15.3 Å². The van der Waals surface area contributed by atoms with E-state index in [4.69, 9.17) is 0 Å². The van der Waals surface area contributed by atoms with Crippen molar-refractivity contribution >= 4 is 16.9 Å². The quantitative estimate of drug-likeness (QED) is 0.692. The van der Waals surface area contributed by atoms with Crippen LogP contribution in [0.3, 0.4) is 0 Å². The number of aryl methyl sites for hydroxylation is 1. The number of halogens is 1. The molecule has 3 rings (SSSR count). The number of aliphatic hydroxyl groups excluding tert-OH is 1. The molecule has 0 aliphatic carbocycles. The predicted octanol–water partition coefficient (Wildman–Crippen LogP) is 2.47. The number of nitrogens with zero attached hydrogens (tertiary/aromatic N) is 1. The lowest BCUT2D eigenvalue weighted by molar-refractivity contribution is 0.0917. The Morgan fingerprint density at radius 3 is 2.96 bits per heavy atom. The standard InChI is InChI=1S/C17H16FN3O2/c1-10-4-2-3-5-12(10)15(22)8-19-17(23)13-6-11(18)7-14-16(13)21-9-20-14/h2-7,9,15,22H,8H2,1H3,(H,19,23)(H,20,21). The number of nitrogens with one attached hydrogen (secondary N) is 2. The van der Waals surface area contributed by atoms with Gasteiger partial charge in [-0.05, 0) is 30.2 Å². The molecule has 0 radical (unpaired) electrons. The van der Waals surface area contributed by atoms with Crippen LogP contribution < -0.4 is 5.32 Å². The number of aliphatic hydroxyl groups is 1. The lowest BCUT2D eigenvalue weighted by Crippen LogP contribution is -2.29. The average Bonchev–Trinajstić information content (AvgIpc) is 3.00. The number of amides is 1. The van der Waals surface area contributed by atoms with Crippen molar-refractivity contribution in [3.63, 3.8) is 0 Å². The Bertz CT molecular complexity index is 860. The highest BCUT2D eigenvalue weighted by molar-refractivity contribution is 6.04. The molecule has 3 aromatic rings. The van der Waals surface area contributed by atoms with Gasteiger partial charge < -0.3 is 15.4 Å². The van der Waals surface area contributed by atoms with Crippen LogP contribution in [0.15, 0.2) is 42.7 Å². The van der Waals surface area contributed by atoms with E-state index in [9.17, 15) is 14.3 Å². The maximum absolute atomic E-state index is 13.6.